The maximum absolute atomic E-state index is 12.5. The molecule has 148 valence electrons. The highest BCUT2D eigenvalue weighted by Crippen LogP contribution is 2.40. The number of nitrogens with one attached hydrogen (secondary N) is 1. The first kappa shape index (κ1) is 20.6. The van der Waals surface area contributed by atoms with Gasteiger partial charge in [0.2, 0.25) is 5.91 Å². The van der Waals surface area contributed by atoms with Crippen LogP contribution in [0.4, 0.5) is 5.00 Å². The van der Waals surface area contributed by atoms with Crippen LogP contribution in [0, 0.1) is 20.8 Å². The maximum atomic E-state index is 12.5. The van der Waals surface area contributed by atoms with Crippen LogP contribution in [-0.4, -0.2) is 19.0 Å². The fourth-order valence-electron chi connectivity index (χ4n) is 3.00. The Balaban J connectivity index is 1.91. The van der Waals surface area contributed by atoms with E-state index in [0.29, 0.717) is 10.6 Å². The highest BCUT2D eigenvalue weighted by Gasteiger charge is 2.24. The summed E-state index contributed by atoms with van der Waals surface area (Å²) in [7, 11) is 1.34. The van der Waals surface area contributed by atoms with E-state index in [1.165, 1.54) is 24.5 Å². The van der Waals surface area contributed by atoms with Crippen LogP contribution >= 0.6 is 11.3 Å². The molecule has 0 saturated heterocycles. The van der Waals surface area contributed by atoms with E-state index in [1.54, 1.807) is 6.08 Å². The Labute approximate surface area is 174 Å². The minimum atomic E-state index is -0.470. The van der Waals surface area contributed by atoms with E-state index in [2.05, 4.69) is 5.32 Å². The van der Waals surface area contributed by atoms with Gasteiger partial charge in [-0.1, -0.05) is 59.7 Å². The molecule has 0 unspecified atom stereocenters. The van der Waals surface area contributed by atoms with E-state index in [4.69, 9.17) is 4.74 Å². The summed E-state index contributed by atoms with van der Waals surface area (Å²) in [5.41, 5.74) is 5.32. The molecule has 0 atom stereocenters. The standard InChI is InChI=1S/C24H23NO3S/c1-15-5-9-18(10-6-15)11-14-20(26)25-23-22(24(27)28-4)21(17(3)29-23)19-12-7-16(2)8-13-19/h5-14H,1-4H3,(H,25,26)/b14-11+. The number of carbonyl (C=O) groups excluding carboxylic acids is 2. The zero-order chi connectivity index (χ0) is 21.0. The number of ether oxygens (including phenoxy) is 1. The van der Waals surface area contributed by atoms with Crippen LogP contribution in [0.2, 0.25) is 0 Å². The summed E-state index contributed by atoms with van der Waals surface area (Å²) in [6, 6.07) is 15.8. The molecule has 4 nitrogen and oxygen atoms in total. The molecule has 1 aromatic heterocycles. The van der Waals surface area contributed by atoms with E-state index < -0.39 is 5.97 Å². The number of thiophene rings is 1. The second kappa shape index (κ2) is 8.88. The summed E-state index contributed by atoms with van der Waals surface area (Å²) >= 11 is 1.37. The van der Waals surface area contributed by atoms with Crippen molar-refractivity contribution < 1.29 is 14.3 Å². The number of benzene rings is 2. The zero-order valence-electron chi connectivity index (χ0n) is 16.9. The molecular formula is C24H23NO3S. The van der Waals surface area contributed by atoms with Gasteiger partial charge in [0, 0.05) is 16.5 Å². The molecule has 5 heteroatoms. The highest BCUT2D eigenvalue weighted by atomic mass is 32.1. The van der Waals surface area contributed by atoms with E-state index in [9.17, 15) is 9.59 Å². The fourth-order valence-corrected chi connectivity index (χ4v) is 4.07. The molecule has 3 rings (SSSR count). The first-order valence-corrected chi connectivity index (χ1v) is 10.0. The van der Waals surface area contributed by atoms with Crippen molar-refractivity contribution in [1.29, 1.82) is 0 Å². The van der Waals surface area contributed by atoms with E-state index in [-0.39, 0.29) is 5.91 Å². The molecule has 0 radical (unpaired) electrons. The Hall–Kier alpha value is -3.18. The smallest absolute Gasteiger partial charge is 0.341 e. The highest BCUT2D eigenvalue weighted by molar-refractivity contribution is 7.17. The predicted octanol–water partition coefficient (Wildman–Crippen LogP) is 5.78. The molecule has 29 heavy (non-hydrogen) atoms. The first-order valence-electron chi connectivity index (χ1n) is 9.23. The molecule has 0 bridgehead atoms. The van der Waals surface area contributed by atoms with Gasteiger partial charge in [-0.3, -0.25) is 4.79 Å². The Kier molecular flexibility index (Phi) is 6.29. The lowest BCUT2D eigenvalue weighted by molar-refractivity contribution is -0.111. The van der Waals surface area contributed by atoms with Gasteiger partial charge in [0.1, 0.15) is 10.6 Å². The van der Waals surface area contributed by atoms with Gasteiger partial charge in [-0.25, -0.2) is 4.79 Å². The summed E-state index contributed by atoms with van der Waals surface area (Å²) < 4.78 is 5.00. The van der Waals surface area contributed by atoms with Crippen molar-refractivity contribution in [1.82, 2.24) is 0 Å². The Bertz CT molecular complexity index is 1060. The van der Waals surface area contributed by atoms with E-state index >= 15 is 0 Å². The average Bonchev–Trinajstić information content (AvgIpc) is 3.03. The maximum Gasteiger partial charge on any atom is 0.341 e. The lowest BCUT2D eigenvalue weighted by atomic mass is 10.0. The number of carbonyl (C=O) groups is 2. The number of hydrogen-bond acceptors (Lipinski definition) is 4. The summed E-state index contributed by atoms with van der Waals surface area (Å²) in [6.45, 7) is 5.96. The van der Waals surface area contributed by atoms with Crippen molar-refractivity contribution >= 4 is 34.3 Å². The van der Waals surface area contributed by atoms with Crippen LogP contribution in [0.5, 0.6) is 0 Å². The van der Waals surface area contributed by atoms with Crippen LogP contribution in [-0.2, 0) is 9.53 Å². The lowest BCUT2D eigenvalue weighted by Crippen LogP contribution is -2.11. The molecule has 0 aliphatic rings. The normalized spacial score (nSPS) is 10.9. The van der Waals surface area contributed by atoms with Crippen molar-refractivity contribution in [2.24, 2.45) is 0 Å². The SMILES string of the molecule is COC(=O)c1c(NC(=O)/C=C/c2ccc(C)cc2)sc(C)c1-c1ccc(C)cc1. The topological polar surface area (TPSA) is 55.4 Å². The molecule has 0 saturated carbocycles. The Morgan fingerprint density at radius 2 is 1.52 bits per heavy atom. The predicted molar refractivity (Wildman–Crippen MR) is 119 cm³/mol. The number of hydrogen-bond donors (Lipinski definition) is 1. The van der Waals surface area contributed by atoms with Gasteiger partial charge in [0.15, 0.2) is 0 Å². The summed E-state index contributed by atoms with van der Waals surface area (Å²) in [5.74, 6) is -0.768. The molecule has 1 heterocycles. The fraction of sp³-hybridized carbons (Fsp3) is 0.167. The number of anilines is 1. The average molecular weight is 406 g/mol. The van der Waals surface area contributed by atoms with Crippen LogP contribution in [0.15, 0.2) is 54.6 Å². The third-order valence-electron chi connectivity index (χ3n) is 4.56. The van der Waals surface area contributed by atoms with Gasteiger partial charge >= 0.3 is 5.97 Å². The van der Waals surface area contributed by atoms with Gasteiger partial charge in [0.25, 0.3) is 0 Å². The summed E-state index contributed by atoms with van der Waals surface area (Å²) in [6.07, 6.45) is 3.21. The molecule has 0 aliphatic heterocycles. The quantitative estimate of drug-likeness (QED) is 0.432. The second-order valence-corrected chi connectivity index (χ2v) is 8.05. The van der Waals surface area contributed by atoms with Crippen molar-refractivity contribution in [2.45, 2.75) is 20.8 Å². The molecule has 3 aromatic rings. The molecule has 1 N–H and O–H groups in total. The van der Waals surface area contributed by atoms with E-state index in [0.717, 1.165) is 32.7 Å². The molecule has 0 aliphatic carbocycles. The van der Waals surface area contributed by atoms with Gasteiger partial charge in [-0.05, 0) is 38.0 Å². The first-order chi connectivity index (χ1) is 13.9. The molecule has 0 fully saturated rings. The molecule has 1 amide bonds. The number of rotatable bonds is 5. The Morgan fingerprint density at radius 1 is 0.931 bits per heavy atom. The van der Waals surface area contributed by atoms with Crippen LogP contribution < -0.4 is 5.32 Å². The monoisotopic (exact) mass is 405 g/mol. The van der Waals surface area contributed by atoms with Gasteiger partial charge in [0.05, 0.1) is 7.11 Å². The van der Waals surface area contributed by atoms with Crippen molar-refractivity contribution in [2.75, 3.05) is 12.4 Å². The number of aryl methyl sites for hydroxylation is 3. The second-order valence-electron chi connectivity index (χ2n) is 6.83. The molecule has 0 spiro atoms. The summed E-state index contributed by atoms with van der Waals surface area (Å²) in [5, 5.41) is 3.33. The van der Waals surface area contributed by atoms with Crippen molar-refractivity contribution in [3.05, 3.63) is 81.7 Å². The lowest BCUT2D eigenvalue weighted by Gasteiger charge is -2.07. The van der Waals surface area contributed by atoms with Crippen molar-refractivity contribution in [3.63, 3.8) is 0 Å². The van der Waals surface area contributed by atoms with Gasteiger partial charge in [-0.2, -0.15) is 0 Å². The van der Waals surface area contributed by atoms with Crippen molar-refractivity contribution in [3.8, 4) is 11.1 Å². The number of amides is 1. The molecular weight excluding hydrogens is 382 g/mol. The third kappa shape index (κ3) is 4.81. The Morgan fingerprint density at radius 3 is 2.10 bits per heavy atom. The number of methoxy groups -OCH3 is 1. The van der Waals surface area contributed by atoms with Crippen LogP contribution in [0.1, 0.15) is 31.9 Å². The minimum Gasteiger partial charge on any atom is -0.465 e. The third-order valence-corrected chi connectivity index (χ3v) is 5.58. The van der Waals surface area contributed by atoms with Crippen LogP contribution in [0.25, 0.3) is 17.2 Å². The number of esters is 1. The molecule has 2 aromatic carbocycles. The van der Waals surface area contributed by atoms with Gasteiger partial charge in [-0.15, -0.1) is 11.3 Å². The largest absolute Gasteiger partial charge is 0.465 e. The van der Waals surface area contributed by atoms with Crippen LogP contribution in [0.3, 0.4) is 0 Å². The minimum absolute atomic E-state index is 0.299. The van der Waals surface area contributed by atoms with E-state index in [1.807, 2.05) is 69.3 Å². The zero-order valence-corrected chi connectivity index (χ0v) is 17.7. The summed E-state index contributed by atoms with van der Waals surface area (Å²) in [4.78, 5) is 25.9. The van der Waals surface area contributed by atoms with Gasteiger partial charge < -0.3 is 10.1 Å².